The molecule has 1 atom stereocenters. The summed E-state index contributed by atoms with van der Waals surface area (Å²) in [5, 5.41) is 1.09. The first-order valence-electron chi connectivity index (χ1n) is 6.84. The zero-order valence-corrected chi connectivity index (χ0v) is 12.8. The molecule has 0 bridgehead atoms. The zero-order valence-electron chi connectivity index (χ0n) is 11.1. The van der Waals surface area contributed by atoms with E-state index in [4.69, 9.17) is 10.7 Å². The number of rotatable bonds is 4. The first-order chi connectivity index (χ1) is 9.78. The highest BCUT2D eigenvalue weighted by Gasteiger charge is 2.23. The second-order valence-electron chi connectivity index (χ2n) is 4.96. The van der Waals surface area contributed by atoms with Crippen LogP contribution in [0.4, 0.5) is 4.39 Å². The van der Waals surface area contributed by atoms with Gasteiger partial charge < -0.3 is 5.73 Å². The molecule has 0 aliphatic heterocycles. The lowest BCUT2D eigenvalue weighted by Gasteiger charge is -2.18. The summed E-state index contributed by atoms with van der Waals surface area (Å²) in [5.41, 5.74) is 7.02. The van der Waals surface area contributed by atoms with Crippen molar-refractivity contribution in [3.05, 3.63) is 45.7 Å². The third-order valence-electron chi connectivity index (χ3n) is 3.59. The predicted octanol–water partition coefficient (Wildman–Crippen LogP) is 3.95. The van der Waals surface area contributed by atoms with E-state index in [1.54, 1.807) is 17.4 Å². The van der Waals surface area contributed by atoms with Crippen molar-refractivity contribution in [2.75, 3.05) is 6.54 Å². The predicted molar refractivity (Wildman–Crippen MR) is 82.8 cm³/mol. The summed E-state index contributed by atoms with van der Waals surface area (Å²) >= 11 is 3.28. The van der Waals surface area contributed by atoms with Crippen molar-refractivity contribution < 1.29 is 4.39 Å². The minimum absolute atomic E-state index is 0.154. The number of nitrogens with zero attached hydrogens (tertiary/aromatic N) is 1. The quantitative estimate of drug-likeness (QED) is 0.869. The van der Waals surface area contributed by atoms with Crippen LogP contribution in [0.3, 0.4) is 0 Å². The van der Waals surface area contributed by atoms with Gasteiger partial charge in [-0.1, -0.05) is 12.1 Å². The maximum atomic E-state index is 13.6. The fourth-order valence-corrected chi connectivity index (χ4v) is 4.68. The molecule has 1 aliphatic carbocycles. The fraction of sp³-hybridized carbons (Fsp3) is 0.400. The first kappa shape index (κ1) is 14.0. The van der Waals surface area contributed by atoms with Gasteiger partial charge in [-0.25, -0.2) is 9.37 Å². The van der Waals surface area contributed by atoms with Gasteiger partial charge in [0.2, 0.25) is 0 Å². The number of benzene rings is 1. The van der Waals surface area contributed by atoms with Crippen LogP contribution < -0.4 is 5.73 Å². The minimum atomic E-state index is -0.154. The van der Waals surface area contributed by atoms with E-state index in [9.17, 15) is 4.39 Å². The molecule has 1 aromatic carbocycles. The number of fused-ring (bicyclic) bond motifs is 1. The smallest absolute Gasteiger partial charge is 0.136 e. The molecule has 1 unspecified atom stereocenters. The summed E-state index contributed by atoms with van der Waals surface area (Å²) < 4.78 is 13.6. The van der Waals surface area contributed by atoms with Gasteiger partial charge in [0.1, 0.15) is 10.8 Å². The van der Waals surface area contributed by atoms with Crippen molar-refractivity contribution in [3.8, 4) is 0 Å². The Morgan fingerprint density at radius 3 is 3.05 bits per heavy atom. The molecule has 2 aromatic rings. The van der Waals surface area contributed by atoms with Gasteiger partial charge >= 0.3 is 0 Å². The molecule has 0 spiro atoms. The molecule has 5 heteroatoms. The summed E-state index contributed by atoms with van der Waals surface area (Å²) in [6.07, 6.45) is 3.47. The number of thioether (sulfide) groups is 1. The van der Waals surface area contributed by atoms with Crippen LogP contribution in [-0.4, -0.2) is 11.5 Å². The number of thiazole rings is 1. The first-order valence-corrected chi connectivity index (χ1v) is 8.64. The van der Waals surface area contributed by atoms with E-state index in [0.29, 0.717) is 17.4 Å². The summed E-state index contributed by atoms with van der Waals surface area (Å²) in [7, 11) is 0. The number of aryl methyl sites for hydroxylation is 1. The van der Waals surface area contributed by atoms with Gasteiger partial charge in [-0.05, 0) is 31.4 Å². The number of aromatic nitrogens is 1. The summed E-state index contributed by atoms with van der Waals surface area (Å²) in [4.78, 5) is 6.82. The monoisotopic (exact) mass is 308 g/mol. The van der Waals surface area contributed by atoms with Crippen molar-refractivity contribution in [1.82, 2.24) is 4.98 Å². The Hall–Kier alpha value is -0.910. The molecule has 0 fully saturated rings. The van der Waals surface area contributed by atoms with E-state index in [2.05, 4.69) is 0 Å². The Labute approximate surface area is 126 Å². The molecule has 1 aliphatic rings. The molecule has 106 valence electrons. The number of hydrogen-bond donors (Lipinski definition) is 1. The van der Waals surface area contributed by atoms with Crippen LogP contribution in [-0.2, 0) is 12.2 Å². The molecule has 0 amide bonds. The lowest BCUT2D eigenvalue weighted by Crippen LogP contribution is -2.17. The van der Waals surface area contributed by atoms with Crippen molar-refractivity contribution in [2.24, 2.45) is 5.73 Å². The second-order valence-corrected chi connectivity index (χ2v) is 7.15. The molecule has 2 N–H and O–H groups in total. The lowest BCUT2D eigenvalue weighted by molar-refractivity contribution is 0.553. The maximum absolute atomic E-state index is 13.6. The molecular weight excluding hydrogens is 291 g/mol. The van der Waals surface area contributed by atoms with E-state index in [-0.39, 0.29) is 5.82 Å². The maximum Gasteiger partial charge on any atom is 0.136 e. The van der Waals surface area contributed by atoms with Crippen LogP contribution >= 0.6 is 23.1 Å². The number of hydrogen-bond acceptors (Lipinski definition) is 4. The number of nitrogens with two attached hydrogens (primary N) is 1. The van der Waals surface area contributed by atoms with Gasteiger partial charge in [-0.15, -0.1) is 23.1 Å². The van der Waals surface area contributed by atoms with E-state index in [0.717, 1.165) is 23.6 Å². The molecule has 3 rings (SSSR count). The highest BCUT2D eigenvalue weighted by Crippen LogP contribution is 2.36. The Kier molecular flexibility index (Phi) is 4.38. The standard InChI is InChI=1S/C15H17FN2S2/c16-11-5-1-2-6-12(11)19-9-14-18-15-10(8-17)4-3-7-13(15)20-14/h1-2,5-6,10H,3-4,7-9,17H2. The van der Waals surface area contributed by atoms with Crippen LogP contribution in [0.1, 0.15) is 34.3 Å². The third kappa shape index (κ3) is 2.90. The highest BCUT2D eigenvalue weighted by molar-refractivity contribution is 7.98. The van der Waals surface area contributed by atoms with Crippen LogP contribution in [0, 0.1) is 5.82 Å². The van der Waals surface area contributed by atoms with Crippen LogP contribution in [0.2, 0.25) is 0 Å². The normalized spacial score (nSPS) is 18.0. The molecule has 0 radical (unpaired) electrons. The summed E-state index contributed by atoms with van der Waals surface area (Å²) in [6, 6.07) is 6.89. The lowest BCUT2D eigenvalue weighted by atomic mass is 9.91. The average Bonchev–Trinajstić information content (AvgIpc) is 2.89. The van der Waals surface area contributed by atoms with Gasteiger partial charge in [0.15, 0.2) is 0 Å². The second kappa shape index (κ2) is 6.24. The molecule has 1 aromatic heterocycles. The Morgan fingerprint density at radius 1 is 1.40 bits per heavy atom. The molecule has 2 nitrogen and oxygen atoms in total. The topological polar surface area (TPSA) is 38.9 Å². The fourth-order valence-electron chi connectivity index (χ4n) is 2.55. The van der Waals surface area contributed by atoms with Crippen LogP contribution in [0.5, 0.6) is 0 Å². The Bertz CT molecular complexity index is 597. The van der Waals surface area contributed by atoms with Crippen LogP contribution in [0.25, 0.3) is 0 Å². The molecular formula is C15H17FN2S2. The van der Waals surface area contributed by atoms with Gasteiger partial charge in [-0.3, -0.25) is 0 Å². The molecule has 1 heterocycles. The minimum Gasteiger partial charge on any atom is -0.330 e. The molecule has 20 heavy (non-hydrogen) atoms. The van der Waals surface area contributed by atoms with Crippen molar-refractivity contribution in [1.29, 1.82) is 0 Å². The highest BCUT2D eigenvalue weighted by atomic mass is 32.2. The molecule has 0 saturated carbocycles. The average molecular weight is 308 g/mol. The third-order valence-corrected chi connectivity index (χ3v) is 5.96. The van der Waals surface area contributed by atoms with Crippen LogP contribution in [0.15, 0.2) is 29.2 Å². The van der Waals surface area contributed by atoms with Crippen molar-refractivity contribution in [2.45, 2.75) is 35.8 Å². The van der Waals surface area contributed by atoms with Crippen molar-refractivity contribution >= 4 is 23.1 Å². The largest absolute Gasteiger partial charge is 0.330 e. The van der Waals surface area contributed by atoms with Gasteiger partial charge in [0.25, 0.3) is 0 Å². The van der Waals surface area contributed by atoms with E-state index >= 15 is 0 Å². The van der Waals surface area contributed by atoms with E-state index < -0.39 is 0 Å². The molecule has 0 saturated heterocycles. The van der Waals surface area contributed by atoms with E-state index in [1.807, 2.05) is 12.1 Å². The zero-order chi connectivity index (χ0) is 13.9. The Morgan fingerprint density at radius 2 is 2.25 bits per heavy atom. The van der Waals surface area contributed by atoms with Gasteiger partial charge in [0.05, 0.1) is 11.4 Å². The van der Waals surface area contributed by atoms with Gasteiger partial charge in [-0.2, -0.15) is 0 Å². The summed E-state index contributed by atoms with van der Waals surface area (Å²) in [6.45, 7) is 0.677. The SMILES string of the molecule is NCC1CCCc2sc(CSc3ccccc3F)nc21. The summed E-state index contributed by atoms with van der Waals surface area (Å²) in [5.74, 6) is 0.997. The number of halogens is 1. The van der Waals surface area contributed by atoms with Crippen molar-refractivity contribution in [3.63, 3.8) is 0 Å². The Balaban J connectivity index is 1.73. The van der Waals surface area contributed by atoms with Gasteiger partial charge in [0, 0.05) is 22.2 Å². The van der Waals surface area contributed by atoms with E-state index in [1.165, 1.54) is 34.8 Å².